The summed E-state index contributed by atoms with van der Waals surface area (Å²) in [6.45, 7) is 0. The third-order valence-corrected chi connectivity index (χ3v) is 3.07. The third kappa shape index (κ3) is 1.48. The number of nitrogen functional groups attached to an aromatic ring is 1. The number of aromatic carboxylic acids is 1. The molecule has 0 atom stereocenters. The minimum Gasteiger partial charge on any atom is -0.477 e. The topological polar surface area (TPSA) is 68.2 Å². The Labute approximate surface area is 94.4 Å². The maximum atomic E-state index is 10.9. The highest BCUT2D eigenvalue weighted by Gasteiger charge is 2.12. The summed E-state index contributed by atoms with van der Waals surface area (Å²) in [4.78, 5) is 10.9. The molecule has 0 saturated carbocycles. The molecule has 0 bridgehead atoms. The molecule has 0 amide bonds. The van der Waals surface area contributed by atoms with Gasteiger partial charge in [0.05, 0.1) is 5.52 Å². The average molecular weight is 269 g/mol. The van der Waals surface area contributed by atoms with Crippen LogP contribution in [0.5, 0.6) is 0 Å². The zero-order valence-electron chi connectivity index (χ0n) is 7.99. The lowest BCUT2D eigenvalue weighted by molar-refractivity contribution is 0.0687. The molecule has 0 spiro atoms. The second-order valence-corrected chi connectivity index (χ2v) is 4.18. The van der Waals surface area contributed by atoms with Gasteiger partial charge in [0.1, 0.15) is 5.69 Å². The molecule has 0 aliphatic heterocycles. The molecule has 0 aliphatic carbocycles. The van der Waals surface area contributed by atoms with E-state index >= 15 is 0 Å². The third-order valence-electron chi connectivity index (χ3n) is 2.38. The summed E-state index contributed by atoms with van der Waals surface area (Å²) in [5, 5.41) is 9.80. The Bertz CT molecular complexity index is 560. The summed E-state index contributed by atoms with van der Waals surface area (Å²) >= 11 is 3.31. The maximum absolute atomic E-state index is 10.9. The van der Waals surface area contributed by atoms with Crippen LogP contribution in [-0.4, -0.2) is 15.6 Å². The Morgan fingerprint density at radius 2 is 2.13 bits per heavy atom. The van der Waals surface area contributed by atoms with Crippen LogP contribution in [0.15, 0.2) is 22.7 Å². The van der Waals surface area contributed by atoms with Gasteiger partial charge in [-0.2, -0.15) is 0 Å². The number of aryl methyl sites for hydroxylation is 1. The lowest BCUT2D eigenvalue weighted by Crippen LogP contribution is -2.03. The molecule has 15 heavy (non-hydrogen) atoms. The van der Waals surface area contributed by atoms with E-state index in [-0.39, 0.29) is 5.69 Å². The molecular weight excluding hydrogens is 260 g/mol. The van der Waals surface area contributed by atoms with Crippen molar-refractivity contribution < 1.29 is 9.90 Å². The number of rotatable bonds is 1. The number of carbonyl (C=O) groups is 1. The number of hydrogen-bond acceptors (Lipinski definition) is 2. The molecule has 2 rings (SSSR count). The van der Waals surface area contributed by atoms with Gasteiger partial charge in [0, 0.05) is 22.6 Å². The van der Waals surface area contributed by atoms with Crippen molar-refractivity contribution in [3.63, 3.8) is 0 Å². The minimum absolute atomic E-state index is 0.252. The summed E-state index contributed by atoms with van der Waals surface area (Å²) < 4.78 is 2.39. The van der Waals surface area contributed by atoms with E-state index in [1.807, 2.05) is 6.07 Å². The normalized spacial score (nSPS) is 10.8. The fourth-order valence-electron chi connectivity index (χ4n) is 1.58. The van der Waals surface area contributed by atoms with Gasteiger partial charge in [-0.1, -0.05) is 0 Å². The highest BCUT2D eigenvalue weighted by molar-refractivity contribution is 9.10. The van der Waals surface area contributed by atoms with Gasteiger partial charge in [0.25, 0.3) is 0 Å². The number of nitrogens with zero attached hydrogens (tertiary/aromatic N) is 1. The van der Waals surface area contributed by atoms with Gasteiger partial charge >= 0.3 is 5.97 Å². The molecule has 2 aromatic rings. The molecule has 0 unspecified atom stereocenters. The molecule has 0 fully saturated rings. The van der Waals surface area contributed by atoms with Crippen LogP contribution in [0.1, 0.15) is 10.5 Å². The second kappa shape index (κ2) is 3.27. The van der Waals surface area contributed by atoms with Crippen molar-refractivity contribution in [2.75, 3.05) is 5.73 Å². The molecule has 0 aliphatic rings. The van der Waals surface area contributed by atoms with E-state index < -0.39 is 5.97 Å². The average Bonchev–Trinajstić information content (AvgIpc) is 2.46. The first-order chi connectivity index (χ1) is 7.00. The summed E-state index contributed by atoms with van der Waals surface area (Å²) in [6.07, 6.45) is 0. The van der Waals surface area contributed by atoms with Crippen molar-refractivity contribution in [2.24, 2.45) is 7.05 Å². The number of nitrogens with two attached hydrogens (primary N) is 1. The lowest BCUT2D eigenvalue weighted by Gasteiger charge is -2.01. The zero-order valence-corrected chi connectivity index (χ0v) is 9.58. The van der Waals surface area contributed by atoms with Gasteiger partial charge in [-0.3, -0.25) is 0 Å². The summed E-state index contributed by atoms with van der Waals surface area (Å²) in [5.74, 6) is -0.941. The second-order valence-electron chi connectivity index (χ2n) is 3.33. The van der Waals surface area contributed by atoms with Gasteiger partial charge < -0.3 is 15.4 Å². The Balaban J connectivity index is 2.83. The number of carboxylic acids is 1. The zero-order chi connectivity index (χ0) is 11.2. The Morgan fingerprint density at radius 3 is 2.73 bits per heavy atom. The Kier molecular flexibility index (Phi) is 2.19. The van der Waals surface area contributed by atoms with Crippen LogP contribution in [0.4, 0.5) is 5.69 Å². The molecule has 1 aromatic carbocycles. The van der Waals surface area contributed by atoms with Crippen molar-refractivity contribution in [1.29, 1.82) is 0 Å². The van der Waals surface area contributed by atoms with E-state index in [9.17, 15) is 4.79 Å². The van der Waals surface area contributed by atoms with Crippen LogP contribution in [0.3, 0.4) is 0 Å². The van der Waals surface area contributed by atoms with Gasteiger partial charge in [-0.15, -0.1) is 0 Å². The van der Waals surface area contributed by atoms with E-state index in [0.717, 1.165) is 15.4 Å². The molecule has 0 saturated heterocycles. The lowest BCUT2D eigenvalue weighted by atomic mass is 10.2. The molecule has 3 N–H and O–H groups in total. The van der Waals surface area contributed by atoms with Crippen LogP contribution in [0.25, 0.3) is 10.9 Å². The number of halogens is 1. The van der Waals surface area contributed by atoms with Crippen LogP contribution in [-0.2, 0) is 7.05 Å². The van der Waals surface area contributed by atoms with E-state index in [1.165, 1.54) is 0 Å². The highest BCUT2D eigenvalue weighted by Crippen LogP contribution is 2.28. The quantitative estimate of drug-likeness (QED) is 0.780. The number of benzene rings is 1. The standard InChI is InChI=1S/C10H9BrN2O2/c1-13-8-4-7(12)6(11)2-5(8)3-9(13)10(14)15/h2-4H,12H2,1H3,(H,14,15). The summed E-state index contributed by atoms with van der Waals surface area (Å²) in [5.41, 5.74) is 7.40. The number of hydrogen-bond donors (Lipinski definition) is 2. The Morgan fingerprint density at radius 1 is 1.47 bits per heavy atom. The molecular formula is C10H9BrN2O2. The highest BCUT2D eigenvalue weighted by atomic mass is 79.9. The number of anilines is 1. The molecule has 78 valence electrons. The molecule has 1 aromatic heterocycles. The number of carboxylic acid groups (broad SMARTS) is 1. The van der Waals surface area contributed by atoms with Gasteiger partial charge in [0.2, 0.25) is 0 Å². The van der Waals surface area contributed by atoms with Gasteiger partial charge in [-0.05, 0) is 34.1 Å². The predicted octanol–water partition coefficient (Wildman–Crippen LogP) is 2.22. The van der Waals surface area contributed by atoms with Crippen molar-refractivity contribution in [1.82, 2.24) is 4.57 Å². The molecule has 4 nitrogen and oxygen atoms in total. The van der Waals surface area contributed by atoms with Crippen molar-refractivity contribution in [3.05, 3.63) is 28.4 Å². The van der Waals surface area contributed by atoms with Crippen LogP contribution in [0.2, 0.25) is 0 Å². The first-order valence-corrected chi connectivity index (χ1v) is 5.07. The number of fused-ring (bicyclic) bond motifs is 1. The summed E-state index contributed by atoms with van der Waals surface area (Å²) in [6, 6.07) is 5.20. The van der Waals surface area contributed by atoms with Crippen molar-refractivity contribution >= 4 is 38.5 Å². The van der Waals surface area contributed by atoms with E-state index in [4.69, 9.17) is 10.8 Å². The van der Waals surface area contributed by atoms with Crippen molar-refractivity contribution in [2.45, 2.75) is 0 Å². The van der Waals surface area contributed by atoms with Gasteiger partial charge in [0.15, 0.2) is 0 Å². The largest absolute Gasteiger partial charge is 0.477 e. The van der Waals surface area contributed by atoms with E-state index in [2.05, 4.69) is 15.9 Å². The number of aromatic nitrogens is 1. The smallest absolute Gasteiger partial charge is 0.352 e. The fourth-order valence-corrected chi connectivity index (χ4v) is 1.94. The van der Waals surface area contributed by atoms with Gasteiger partial charge in [-0.25, -0.2) is 4.79 Å². The minimum atomic E-state index is -0.941. The maximum Gasteiger partial charge on any atom is 0.352 e. The fraction of sp³-hybridized carbons (Fsp3) is 0.100. The predicted molar refractivity (Wildman–Crippen MR) is 62.0 cm³/mol. The summed E-state index contributed by atoms with van der Waals surface area (Å²) in [7, 11) is 1.71. The monoisotopic (exact) mass is 268 g/mol. The molecule has 5 heteroatoms. The van der Waals surface area contributed by atoms with Crippen LogP contribution in [0, 0.1) is 0 Å². The Hall–Kier alpha value is -1.49. The van der Waals surface area contributed by atoms with E-state index in [0.29, 0.717) is 5.69 Å². The molecule has 0 radical (unpaired) electrons. The SMILES string of the molecule is Cn1c(C(=O)O)cc2cc(Br)c(N)cc21. The van der Waals surface area contributed by atoms with E-state index in [1.54, 1.807) is 23.7 Å². The van der Waals surface area contributed by atoms with Crippen molar-refractivity contribution in [3.8, 4) is 0 Å². The van der Waals surface area contributed by atoms with Crippen LogP contribution >= 0.6 is 15.9 Å². The first-order valence-electron chi connectivity index (χ1n) is 4.28. The molecule has 1 heterocycles. The first kappa shape index (κ1) is 10.0. The van der Waals surface area contributed by atoms with Crippen LogP contribution < -0.4 is 5.73 Å².